The molecule has 35 heavy (non-hydrogen) atoms. The highest BCUT2D eigenvalue weighted by atomic mass is 16.3. The van der Waals surface area contributed by atoms with Crippen LogP contribution in [0.2, 0.25) is 0 Å². The number of anilines is 2. The van der Waals surface area contributed by atoms with Crippen LogP contribution in [0.15, 0.2) is 47.4 Å². The van der Waals surface area contributed by atoms with Gasteiger partial charge in [-0.05, 0) is 56.2 Å². The van der Waals surface area contributed by atoms with E-state index in [9.17, 15) is 9.90 Å². The van der Waals surface area contributed by atoms with Gasteiger partial charge in [0.1, 0.15) is 11.0 Å². The van der Waals surface area contributed by atoms with E-state index >= 15 is 0 Å². The predicted octanol–water partition coefficient (Wildman–Crippen LogP) is 3.35. The Kier molecular flexibility index (Phi) is 5.49. The number of pyridine rings is 1. The van der Waals surface area contributed by atoms with E-state index in [0.717, 1.165) is 18.8 Å². The number of benzene rings is 1. The lowest BCUT2D eigenvalue weighted by Crippen LogP contribution is -2.38. The number of aromatic nitrogens is 5. The topological polar surface area (TPSA) is 110 Å². The maximum atomic E-state index is 13.1. The Bertz CT molecular complexity index is 1480. The van der Waals surface area contributed by atoms with Crippen LogP contribution in [0.5, 0.6) is 0 Å². The van der Waals surface area contributed by atoms with Gasteiger partial charge in [0.25, 0.3) is 5.56 Å². The smallest absolute Gasteiger partial charge is 0.278 e. The average Bonchev–Trinajstić information content (AvgIpc) is 3.09. The first-order valence-corrected chi connectivity index (χ1v) is 11.9. The number of rotatable bonds is 5. The van der Waals surface area contributed by atoms with E-state index in [1.54, 1.807) is 41.5 Å². The van der Waals surface area contributed by atoms with Crippen molar-refractivity contribution in [1.29, 1.82) is 0 Å². The molecule has 1 aliphatic heterocycles. The summed E-state index contributed by atoms with van der Waals surface area (Å²) in [5, 5.41) is 17.6. The van der Waals surface area contributed by atoms with Crippen LogP contribution in [-0.2, 0) is 24.1 Å². The molecule has 0 spiro atoms. The zero-order valence-corrected chi connectivity index (χ0v) is 20.8. The molecule has 9 heteroatoms. The summed E-state index contributed by atoms with van der Waals surface area (Å²) >= 11 is 0. The molecule has 0 unspecified atom stereocenters. The van der Waals surface area contributed by atoms with Crippen LogP contribution in [0, 0.1) is 0 Å². The van der Waals surface area contributed by atoms with Gasteiger partial charge in [-0.25, -0.2) is 19.3 Å². The van der Waals surface area contributed by atoms with Crippen LogP contribution >= 0.6 is 0 Å². The molecule has 0 radical (unpaired) electrons. The van der Waals surface area contributed by atoms with E-state index in [2.05, 4.69) is 46.6 Å². The molecule has 0 atom stereocenters. The Morgan fingerprint density at radius 2 is 2.00 bits per heavy atom. The first kappa shape index (κ1) is 23.2. The molecule has 9 nitrogen and oxygen atoms in total. The van der Waals surface area contributed by atoms with Gasteiger partial charge >= 0.3 is 0 Å². The van der Waals surface area contributed by atoms with Gasteiger partial charge in [-0.3, -0.25) is 4.79 Å². The summed E-state index contributed by atoms with van der Waals surface area (Å²) in [6.45, 7) is 11.9. The fourth-order valence-electron chi connectivity index (χ4n) is 4.70. The summed E-state index contributed by atoms with van der Waals surface area (Å²) in [5.74, 6) is 0.895. The number of nitrogens with zero attached hydrogens (tertiary/aromatic N) is 5. The zero-order chi connectivity index (χ0) is 25.0. The highest BCUT2D eigenvalue weighted by Gasteiger charge is 2.27. The molecule has 1 aromatic carbocycles. The van der Waals surface area contributed by atoms with E-state index in [-0.39, 0.29) is 11.0 Å². The molecule has 0 bridgehead atoms. The minimum Gasteiger partial charge on any atom is -0.384 e. The summed E-state index contributed by atoms with van der Waals surface area (Å²) in [4.78, 5) is 26.8. The molecule has 1 aliphatic rings. The molecule has 0 amide bonds. The molecule has 0 saturated heterocycles. The molecule has 5 rings (SSSR count). The van der Waals surface area contributed by atoms with Gasteiger partial charge in [0.2, 0.25) is 5.95 Å². The van der Waals surface area contributed by atoms with E-state index in [0.29, 0.717) is 35.0 Å². The van der Waals surface area contributed by atoms with Crippen molar-refractivity contribution in [1.82, 2.24) is 29.6 Å². The van der Waals surface area contributed by atoms with Gasteiger partial charge in [-0.1, -0.05) is 26.0 Å². The summed E-state index contributed by atoms with van der Waals surface area (Å²) in [5.41, 5.74) is 3.19. The minimum absolute atomic E-state index is 0.0747. The monoisotopic (exact) mass is 473 g/mol. The highest BCUT2D eigenvalue weighted by molar-refractivity contribution is 5.77. The summed E-state index contributed by atoms with van der Waals surface area (Å²) < 4.78 is 3.27. The number of hydrogen-bond donors (Lipinski definition) is 3. The number of fused-ring (bicyclic) bond motifs is 2. The molecule has 0 saturated carbocycles. The van der Waals surface area contributed by atoms with Gasteiger partial charge in [-0.15, -0.1) is 0 Å². The fraction of sp³-hybridized carbons (Fsp3) is 0.385. The Hall–Kier alpha value is -3.56. The fourth-order valence-corrected chi connectivity index (χ4v) is 4.70. The summed E-state index contributed by atoms with van der Waals surface area (Å²) in [6, 6.07) is 11.7. The third-order valence-corrected chi connectivity index (χ3v) is 6.53. The highest BCUT2D eigenvalue weighted by Crippen LogP contribution is 2.32. The maximum Gasteiger partial charge on any atom is 0.278 e. The van der Waals surface area contributed by atoms with E-state index in [1.807, 2.05) is 19.1 Å². The maximum absolute atomic E-state index is 13.1. The first-order chi connectivity index (χ1) is 16.6. The van der Waals surface area contributed by atoms with Crippen molar-refractivity contribution >= 4 is 22.7 Å². The lowest BCUT2D eigenvalue weighted by molar-refractivity contribution is 0.0738. The van der Waals surface area contributed by atoms with Crippen LogP contribution in [0.3, 0.4) is 0 Å². The van der Waals surface area contributed by atoms with Gasteiger partial charge in [0.05, 0.1) is 5.69 Å². The van der Waals surface area contributed by atoms with Crippen molar-refractivity contribution in [2.75, 3.05) is 11.9 Å². The van der Waals surface area contributed by atoms with Gasteiger partial charge in [0.15, 0.2) is 11.5 Å². The third kappa shape index (κ3) is 4.11. The van der Waals surface area contributed by atoms with Crippen LogP contribution in [0.1, 0.15) is 51.4 Å². The van der Waals surface area contributed by atoms with Gasteiger partial charge in [0, 0.05) is 36.9 Å². The molecule has 3 N–H and O–H groups in total. The van der Waals surface area contributed by atoms with Crippen LogP contribution in [0.4, 0.5) is 11.6 Å². The van der Waals surface area contributed by atoms with Crippen molar-refractivity contribution in [3.05, 3.63) is 69.8 Å². The molecule has 4 aromatic rings. The van der Waals surface area contributed by atoms with Crippen LogP contribution in [0.25, 0.3) is 16.9 Å². The molecule has 3 aromatic heterocycles. The van der Waals surface area contributed by atoms with Crippen molar-refractivity contribution in [3.8, 4) is 5.82 Å². The SMILES string of the molecule is CCn1c(=O)c2cnc(Nc3ccc4c(c3)CNCC4(C)C)nc2n1-c1cccc(C(C)(C)O)n1. The van der Waals surface area contributed by atoms with Crippen molar-refractivity contribution < 1.29 is 5.11 Å². The van der Waals surface area contributed by atoms with Crippen molar-refractivity contribution in [2.45, 2.75) is 58.7 Å². The van der Waals surface area contributed by atoms with E-state index in [4.69, 9.17) is 4.98 Å². The van der Waals surface area contributed by atoms with Crippen LogP contribution in [-0.4, -0.2) is 36.0 Å². The first-order valence-electron chi connectivity index (χ1n) is 11.9. The Morgan fingerprint density at radius 1 is 1.20 bits per heavy atom. The number of aliphatic hydroxyl groups is 1. The quantitative estimate of drug-likeness (QED) is 0.408. The van der Waals surface area contributed by atoms with Gasteiger partial charge in [-0.2, -0.15) is 4.98 Å². The summed E-state index contributed by atoms with van der Waals surface area (Å²) in [6.07, 6.45) is 1.55. The second-order valence-corrected chi connectivity index (χ2v) is 10.2. The van der Waals surface area contributed by atoms with E-state index in [1.165, 1.54) is 11.1 Å². The standard InChI is InChI=1S/C26H31N7O2/c1-6-32-23(34)18-14-28-24(29-17-10-11-19-16(12-17)13-27-15-25(19,2)3)31-22(18)33(32)21-9-7-8-20(30-21)26(4,5)35/h7-12,14,27,35H,6,13,15H2,1-5H3,(H,28,29,31). The Morgan fingerprint density at radius 3 is 2.74 bits per heavy atom. The number of hydrogen-bond acceptors (Lipinski definition) is 7. The molecular weight excluding hydrogens is 442 g/mol. The van der Waals surface area contributed by atoms with Crippen LogP contribution < -0.4 is 16.2 Å². The molecular formula is C26H31N7O2. The van der Waals surface area contributed by atoms with E-state index < -0.39 is 5.60 Å². The Labute approximate surface area is 203 Å². The lowest BCUT2D eigenvalue weighted by Gasteiger charge is -2.33. The van der Waals surface area contributed by atoms with Crippen molar-refractivity contribution in [3.63, 3.8) is 0 Å². The average molecular weight is 474 g/mol. The zero-order valence-electron chi connectivity index (χ0n) is 20.8. The summed E-state index contributed by atoms with van der Waals surface area (Å²) in [7, 11) is 0. The largest absolute Gasteiger partial charge is 0.384 e. The minimum atomic E-state index is -1.12. The van der Waals surface area contributed by atoms with Gasteiger partial charge < -0.3 is 15.7 Å². The molecule has 0 aliphatic carbocycles. The lowest BCUT2D eigenvalue weighted by atomic mass is 9.79. The molecule has 4 heterocycles. The molecule has 182 valence electrons. The second kappa shape index (κ2) is 8.28. The predicted molar refractivity (Wildman–Crippen MR) is 136 cm³/mol. The second-order valence-electron chi connectivity index (χ2n) is 10.2. The normalized spacial score (nSPS) is 15.3. The van der Waals surface area contributed by atoms with Crippen molar-refractivity contribution in [2.24, 2.45) is 0 Å². The number of nitrogens with one attached hydrogen (secondary N) is 2. The third-order valence-electron chi connectivity index (χ3n) is 6.53. The molecule has 0 fully saturated rings. The Balaban J connectivity index is 1.59.